The van der Waals surface area contributed by atoms with E-state index in [1.807, 2.05) is 19.2 Å². The van der Waals surface area contributed by atoms with E-state index in [1.54, 1.807) is 6.92 Å². The third kappa shape index (κ3) is 3.38. The molecule has 2 heteroatoms. The first kappa shape index (κ1) is 9.93. The lowest BCUT2D eigenvalue weighted by molar-refractivity contribution is -0.116. The van der Waals surface area contributed by atoms with Gasteiger partial charge in [0.15, 0.2) is 0 Å². The Morgan fingerprint density at radius 3 is 2.23 bits per heavy atom. The van der Waals surface area contributed by atoms with Crippen molar-refractivity contribution < 1.29 is 4.79 Å². The minimum atomic E-state index is 0.210. The predicted molar refractivity (Wildman–Crippen MR) is 53.6 cm³/mol. The number of Topliss-reactive ketones (excluding diaryl/α,β-unsaturated/α-hetero) is 1. The topological polar surface area (TPSA) is 29.1 Å². The maximum atomic E-state index is 10.8. The molecule has 0 aliphatic carbocycles. The van der Waals surface area contributed by atoms with Crippen molar-refractivity contribution in [1.82, 2.24) is 5.32 Å². The summed E-state index contributed by atoms with van der Waals surface area (Å²) in [5, 5.41) is 3.08. The van der Waals surface area contributed by atoms with Crippen LogP contribution < -0.4 is 5.32 Å². The number of hydrogen-bond acceptors (Lipinski definition) is 2. The summed E-state index contributed by atoms with van der Waals surface area (Å²) in [4.78, 5) is 10.8. The van der Waals surface area contributed by atoms with Crippen LogP contribution >= 0.6 is 0 Å². The Hall–Kier alpha value is -1.15. The maximum Gasteiger partial charge on any atom is 0.134 e. The molecule has 0 radical (unpaired) electrons. The molecule has 0 unspecified atom stereocenters. The number of rotatable bonds is 4. The molecule has 1 aromatic carbocycles. The molecule has 0 aliphatic rings. The molecule has 0 atom stereocenters. The Balaban J connectivity index is 2.64. The second-order valence-electron chi connectivity index (χ2n) is 3.23. The Bertz CT molecular complexity index is 277. The van der Waals surface area contributed by atoms with Crippen molar-refractivity contribution >= 4 is 5.78 Å². The molecule has 0 heterocycles. The first-order valence-corrected chi connectivity index (χ1v) is 4.44. The van der Waals surface area contributed by atoms with Crippen LogP contribution in [0.15, 0.2) is 24.3 Å². The molecule has 1 aromatic rings. The first-order chi connectivity index (χ1) is 6.22. The molecule has 70 valence electrons. The van der Waals surface area contributed by atoms with Crippen LogP contribution in [0.3, 0.4) is 0 Å². The van der Waals surface area contributed by atoms with Gasteiger partial charge in [-0.05, 0) is 25.1 Å². The zero-order valence-corrected chi connectivity index (χ0v) is 8.13. The van der Waals surface area contributed by atoms with Crippen molar-refractivity contribution in [3.8, 4) is 0 Å². The summed E-state index contributed by atoms with van der Waals surface area (Å²) in [7, 11) is 1.92. The molecule has 0 aliphatic heterocycles. The summed E-state index contributed by atoms with van der Waals surface area (Å²) >= 11 is 0. The first-order valence-electron chi connectivity index (χ1n) is 4.44. The van der Waals surface area contributed by atoms with Crippen LogP contribution in [0.5, 0.6) is 0 Å². The highest BCUT2D eigenvalue weighted by molar-refractivity contribution is 5.78. The molecule has 0 aromatic heterocycles. The lowest BCUT2D eigenvalue weighted by Gasteiger charge is -2.01. The van der Waals surface area contributed by atoms with Gasteiger partial charge in [0.05, 0.1) is 0 Å². The van der Waals surface area contributed by atoms with E-state index in [-0.39, 0.29) is 5.78 Å². The van der Waals surface area contributed by atoms with Gasteiger partial charge in [-0.3, -0.25) is 4.79 Å². The van der Waals surface area contributed by atoms with Gasteiger partial charge >= 0.3 is 0 Å². The van der Waals surface area contributed by atoms with Gasteiger partial charge in [-0.15, -0.1) is 0 Å². The van der Waals surface area contributed by atoms with Gasteiger partial charge in [0.25, 0.3) is 0 Å². The van der Waals surface area contributed by atoms with E-state index < -0.39 is 0 Å². The normalized spacial score (nSPS) is 10.0. The third-order valence-electron chi connectivity index (χ3n) is 1.86. The Morgan fingerprint density at radius 2 is 1.77 bits per heavy atom. The molecule has 0 spiro atoms. The Kier molecular flexibility index (Phi) is 3.65. The van der Waals surface area contributed by atoms with Gasteiger partial charge in [0.1, 0.15) is 5.78 Å². The molecule has 13 heavy (non-hydrogen) atoms. The zero-order chi connectivity index (χ0) is 9.68. The van der Waals surface area contributed by atoms with E-state index in [0.29, 0.717) is 6.42 Å². The molecule has 1 N–H and O–H groups in total. The highest BCUT2D eigenvalue weighted by atomic mass is 16.1. The van der Waals surface area contributed by atoms with Gasteiger partial charge in [-0.25, -0.2) is 0 Å². The second-order valence-corrected chi connectivity index (χ2v) is 3.23. The third-order valence-corrected chi connectivity index (χ3v) is 1.86. The minimum Gasteiger partial charge on any atom is -0.316 e. The minimum absolute atomic E-state index is 0.210. The number of nitrogens with one attached hydrogen (secondary N) is 1. The van der Waals surface area contributed by atoms with Crippen LogP contribution in [0.1, 0.15) is 18.1 Å². The van der Waals surface area contributed by atoms with Crippen molar-refractivity contribution in [3.63, 3.8) is 0 Å². The van der Waals surface area contributed by atoms with E-state index in [0.717, 1.165) is 12.1 Å². The van der Waals surface area contributed by atoms with Crippen molar-refractivity contribution in [2.24, 2.45) is 0 Å². The fraction of sp³-hybridized carbons (Fsp3) is 0.364. The lowest BCUT2D eigenvalue weighted by Crippen LogP contribution is -2.05. The van der Waals surface area contributed by atoms with E-state index in [4.69, 9.17) is 0 Å². The van der Waals surface area contributed by atoms with Crippen LogP contribution in [0.2, 0.25) is 0 Å². The van der Waals surface area contributed by atoms with Crippen LogP contribution in [0.25, 0.3) is 0 Å². The van der Waals surface area contributed by atoms with Crippen LogP contribution in [-0.2, 0) is 17.8 Å². The number of carbonyl (C=O) groups excluding carboxylic acids is 1. The van der Waals surface area contributed by atoms with Crippen molar-refractivity contribution in [2.75, 3.05) is 7.05 Å². The quantitative estimate of drug-likeness (QED) is 0.755. The van der Waals surface area contributed by atoms with Crippen LogP contribution in [0, 0.1) is 0 Å². The molecule has 0 saturated carbocycles. The van der Waals surface area contributed by atoms with E-state index >= 15 is 0 Å². The summed E-state index contributed by atoms with van der Waals surface area (Å²) in [5.41, 5.74) is 2.34. The van der Waals surface area contributed by atoms with Gasteiger partial charge < -0.3 is 5.32 Å². The SMILES string of the molecule is CNCc1ccc(CC(C)=O)cc1. The predicted octanol–water partition coefficient (Wildman–Crippen LogP) is 1.54. The summed E-state index contributed by atoms with van der Waals surface area (Å²) in [5.74, 6) is 0.210. The summed E-state index contributed by atoms with van der Waals surface area (Å²) in [6, 6.07) is 8.12. The van der Waals surface area contributed by atoms with Crippen molar-refractivity contribution in [1.29, 1.82) is 0 Å². The number of ketones is 1. The fourth-order valence-corrected chi connectivity index (χ4v) is 1.27. The van der Waals surface area contributed by atoms with Crippen LogP contribution in [-0.4, -0.2) is 12.8 Å². The fourth-order valence-electron chi connectivity index (χ4n) is 1.27. The monoisotopic (exact) mass is 177 g/mol. The average molecular weight is 177 g/mol. The standard InChI is InChI=1S/C11H15NO/c1-9(13)7-10-3-5-11(6-4-10)8-12-2/h3-6,12H,7-8H2,1-2H3. The van der Waals surface area contributed by atoms with Crippen molar-refractivity contribution in [2.45, 2.75) is 19.9 Å². The Morgan fingerprint density at radius 1 is 1.23 bits per heavy atom. The molecule has 0 amide bonds. The van der Waals surface area contributed by atoms with Gasteiger partial charge in [-0.1, -0.05) is 24.3 Å². The molecular formula is C11H15NO. The molecule has 0 saturated heterocycles. The summed E-state index contributed by atoms with van der Waals surface area (Å²) in [6.07, 6.45) is 0.542. The largest absolute Gasteiger partial charge is 0.316 e. The highest BCUT2D eigenvalue weighted by Crippen LogP contribution is 2.05. The van der Waals surface area contributed by atoms with Gasteiger partial charge in [-0.2, -0.15) is 0 Å². The average Bonchev–Trinajstić information content (AvgIpc) is 2.08. The van der Waals surface area contributed by atoms with Gasteiger partial charge in [0.2, 0.25) is 0 Å². The molecule has 0 fully saturated rings. The number of benzene rings is 1. The van der Waals surface area contributed by atoms with Gasteiger partial charge in [0, 0.05) is 13.0 Å². The second kappa shape index (κ2) is 4.77. The molecule has 1 rings (SSSR count). The summed E-state index contributed by atoms with van der Waals surface area (Å²) in [6.45, 7) is 2.49. The van der Waals surface area contributed by atoms with Crippen molar-refractivity contribution in [3.05, 3.63) is 35.4 Å². The van der Waals surface area contributed by atoms with Crippen LogP contribution in [0.4, 0.5) is 0 Å². The molecular weight excluding hydrogens is 162 g/mol. The van der Waals surface area contributed by atoms with E-state index in [9.17, 15) is 4.79 Å². The smallest absolute Gasteiger partial charge is 0.134 e. The Labute approximate surface area is 79.0 Å². The highest BCUT2D eigenvalue weighted by Gasteiger charge is 1.97. The van der Waals surface area contributed by atoms with E-state index in [1.165, 1.54) is 5.56 Å². The maximum absolute atomic E-state index is 10.8. The molecule has 0 bridgehead atoms. The summed E-state index contributed by atoms with van der Waals surface area (Å²) < 4.78 is 0. The number of hydrogen-bond donors (Lipinski definition) is 1. The number of carbonyl (C=O) groups is 1. The molecule has 2 nitrogen and oxygen atoms in total. The lowest BCUT2D eigenvalue weighted by atomic mass is 10.1. The zero-order valence-electron chi connectivity index (χ0n) is 8.13. The van der Waals surface area contributed by atoms with E-state index in [2.05, 4.69) is 17.4 Å².